The lowest BCUT2D eigenvalue weighted by molar-refractivity contribution is 0.649. The number of halogens is 1. The molecule has 1 aromatic rings. The van der Waals surface area contributed by atoms with Crippen LogP contribution >= 0.6 is 22.9 Å². The molecule has 80 valence electrons. The van der Waals surface area contributed by atoms with Crippen molar-refractivity contribution in [2.24, 2.45) is 5.73 Å². The van der Waals surface area contributed by atoms with Gasteiger partial charge in [-0.2, -0.15) is 0 Å². The van der Waals surface area contributed by atoms with Gasteiger partial charge >= 0.3 is 0 Å². The predicted molar refractivity (Wildman–Crippen MR) is 65.3 cm³/mol. The fraction of sp³-hybridized carbons (Fsp3) is 0.636. The van der Waals surface area contributed by atoms with E-state index < -0.39 is 0 Å². The molecule has 0 saturated carbocycles. The number of hydrogen-bond donors (Lipinski definition) is 1. The summed E-state index contributed by atoms with van der Waals surface area (Å²) in [5.74, 6) is 0. The monoisotopic (exact) mass is 231 g/mol. The summed E-state index contributed by atoms with van der Waals surface area (Å²) < 4.78 is 0.946. The zero-order valence-corrected chi connectivity index (χ0v) is 10.3. The van der Waals surface area contributed by atoms with Gasteiger partial charge < -0.3 is 5.73 Å². The average molecular weight is 232 g/mol. The molecule has 0 aromatic carbocycles. The van der Waals surface area contributed by atoms with Gasteiger partial charge in [-0.3, -0.25) is 0 Å². The zero-order chi connectivity index (χ0) is 10.4. The van der Waals surface area contributed by atoms with Gasteiger partial charge in [-0.1, -0.05) is 24.4 Å². The van der Waals surface area contributed by atoms with Gasteiger partial charge in [0.05, 0.1) is 4.34 Å². The number of hydrogen-bond acceptors (Lipinski definition) is 2. The molecule has 0 unspecified atom stereocenters. The van der Waals surface area contributed by atoms with Gasteiger partial charge in [0.25, 0.3) is 0 Å². The van der Waals surface area contributed by atoms with Crippen molar-refractivity contribution in [1.82, 2.24) is 0 Å². The molecule has 0 aliphatic heterocycles. The number of rotatable bonds is 6. The maximum absolute atomic E-state index is 5.99. The van der Waals surface area contributed by atoms with Crippen molar-refractivity contribution in [2.75, 3.05) is 6.54 Å². The van der Waals surface area contributed by atoms with Crippen molar-refractivity contribution in [1.29, 1.82) is 0 Å². The topological polar surface area (TPSA) is 26.0 Å². The highest BCUT2D eigenvalue weighted by atomic mass is 35.5. The van der Waals surface area contributed by atoms with E-state index in [4.69, 9.17) is 17.3 Å². The van der Waals surface area contributed by atoms with Gasteiger partial charge in [0, 0.05) is 4.88 Å². The maximum atomic E-state index is 5.99. The van der Waals surface area contributed by atoms with E-state index in [1.165, 1.54) is 36.1 Å². The second-order valence-electron chi connectivity index (χ2n) is 3.62. The van der Waals surface area contributed by atoms with E-state index in [0.717, 1.165) is 17.3 Å². The van der Waals surface area contributed by atoms with Crippen molar-refractivity contribution in [3.63, 3.8) is 0 Å². The van der Waals surface area contributed by atoms with Gasteiger partial charge in [0.2, 0.25) is 0 Å². The Morgan fingerprint density at radius 3 is 2.57 bits per heavy atom. The van der Waals surface area contributed by atoms with Gasteiger partial charge in [-0.15, -0.1) is 11.3 Å². The molecule has 0 saturated heterocycles. The van der Waals surface area contributed by atoms with E-state index in [1.807, 2.05) is 0 Å². The van der Waals surface area contributed by atoms with Crippen LogP contribution in [0.5, 0.6) is 0 Å². The lowest BCUT2D eigenvalue weighted by atomic mass is 10.1. The molecular formula is C11H18ClNS. The fourth-order valence-electron chi connectivity index (χ4n) is 1.44. The quantitative estimate of drug-likeness (QED) is 0.742. The molecule has 0 bridgehead atoms. The van der Waals surface area contributed by atoms with E-state index in [-0.39, 0.29) is 0 Å². The van der Waals surface area contributed by atoms with Crippen molar-refractivity contribution in [2.45, 2.75) is 39.0 Å². The summed E-state index contributed by atoms with van der Waals surface area (Å²) in [7, 11) is 0. The van der Waals surface area contributed by atoms with Gasteiger partial charge in [-0.25, -0.2) is 0 Å². The molecule has 2 N–H and O–H groups in total. The molecule has 0 atom stereocenters. The summed E-state index contributed by atoms with van der Waals surface area (Å²) in [6.07, 6.45) is 6.13. The molecule has 1 rings (SSSR count). The second-order valence-corrected chi connectivity index (χ2v) is 5.36. The fourth-order valence-corrected chi connectivity index (χ4v) is 2.73. The molecule has 0 aliphatic rings. The number of unbranched alkanes of at least 4 members (excludes halogenated alkanes) is 3. The Hall–Kier alpha value is -0.0500. The van der Waals surface area contributed by atoms with Crippen LogP contribution in [0.15, 0.2) is 6.07 Å². The molecule has 0 radical (unpaired) electrons. The van der Waals surface area contributed by atoms with E-state index in [1.54, 1.807) is 11.3 Å². The SMILES string of the molecule is Cc1cc(CCCCCCN)sc1Cl. The van der Waals surface area contributed by atoms with E-state index in [9.17, 15) is 0 Å². The van der Waals surface area contributed by atoms with Crippen LogP contribution in [0.2, 0.25) is 4.34 Å². The molecule has 3 heteroatoms. The number of aryl methyl sites for hydroxylation is 2. The molecule has 0 fully saturated rings. The minimum atomic E-state index is 0.823. The van der Waals surface area contributed by atoms with Gasteiger partial charge in [0.1, 0.15) is 0 Å². The second kappa shape index (κ2) is 6.44. The Balaban J connectivity index is 2.18. The summed E-state index contributed by atoms with van der Waals surface area (Å²) in [5, 5.41) is 0. The Morgan fingerprint density at radius 2 is 2.00 bits per heavy atom. The summed E-state index contributed by atoms with van der Waals surface area (Å²) >= 11 is 7.71. The molecule has 1 aromatic heterocycles. The summed E-state index contributed by atoms with van der Waals surface area (Å²) in [5.41, 5.74) is 6.65. The highest BCUT2D eigenvalue weighted by molar-refractivity contribution is 7.16. The van der Waals surface area contributed by atoms with Gasteiger partial charge in [0.15, 0.2) is 0 Å². The normalized spacial score (nSPS) is 10.8. The van der Waals surface area contributed by atoms with Crippen molar-refractivity contribution >= 4 is 22.9 Å². The van der Waals surface area contributed by atoms with Crippen LogP contribution in [-0.2, 0) is 6.42 Å². The number of thiophene rings is 1. The standard InChI is InChI=1S/C11H18ClNS/c1-9-8-10(14-11(9)12)6-4-2-3-5-7-13/h8H,2-7,13H2,1H3. The maximum Gasteiger partial charge on any atom is 0.0960 e. The molecule has 1 nitrogen and oxygen atoms in total. The molecule has 0 aliphatic carbocycles. The van der Waals surface area contributed by atoms with Crippen molar-refractivity contribution in [3.05, 3.63) is 20.8 Å². The Kier molecular flexibility index (Phi) is 5.53. The third kappa shape index (κ3) is 3.99. The van der Waals surface area contributed by atoms with E-state index >= 15 is 0 Å². The lowest BCUT2D eigenvalue weighted by Gasteiger charge is -1.97. The van der Waals surface area contributed by atoms with Crippen LogP contribution in [0.1, 0.15) is 36.1 Å². The minimum absolute atomic E-state index is 0.823. The third-order valence-corrected chi connectivity index (χ3v) is 3.90. The largest absolute Gasteiger partial charge is 0.330 e. The van der Waals surface area contributed by atoms with Crippen molar-refractivity contribution < 1.29 is 0 Å². The highest BCUT2D eigenvalue weighted by Crippen LogP contribution is 2.27. The Morgan fingerprint density at radius 1 is 1.29 bits per heavy atom. The molecule has 0 amide bonds. The minimum Gasteiger partial charge on any atom is -0.330 e. The Labute approximate surface area is 95.3 Å². The van der Waals surface area contributed by atoms with Crippen molar-refractivity contribution in [3.8, 4) is 0 Å². The zero-order valence-electron chi connectivity index (χ0n) is 8.68. The van der Waals surface area contributed by atoms with Crippen LogP contribution in [0, 0.1) is 6.92 Å². The van der Waals surface area contributed by atoms with Crippen LogP contribution in [-0.4, -0.2) is 6.54 Å². The first-order valence-corrected chi connectivity index (χ1v) is 6.38. The Bertz CT molecular complexity index is 251. The molecule has 14 heavy (non-hydrogen) atoms. The third-order valence-electron chi connectivity index (χ3n) is 2.29. The van der Waals surface area contributed by atoms with Crippen LogP contribution in [0.3, 0.4) is 0 Å². The first-order valence-electron chi connectivity index (χ1n) is 5.19. The summed E-state index contributed by atoms with van der Waals surface area (Å²) in [4.78, 5) is 1.42. The first kappa shape index (κ1) is 12.0. The molecular weight excluding hydrogens is 214 g/mol. The van der Waals surface area contributed by atoms with Crippen LogP contribution in [0.25, 0.3) is 0 Å². The predicted octanol–water partition coefficient (Wildman–Crippen LogP) is 3.77. The van der Waals surface area contributed by atoms with Gasteiger partial charge in [-0.05, 0) is 44.4 Å². The smallest absolute Gasteiger partial charge is 0.0960 e. The highest BCUT2D eigenvalue weighted by Gasteiger charge is 2.02. The molecule has 1 heterocycles. The summed E-state index contributed by atoms with van der Waals surface area (Å²) in [6.45, 7) is 2.89. The first-order chi connectivity index (χ1) is 6.74. The molecule has 0 spiro atoms. The average Bonchev–Trinajstić information content (AvgIpc) is 2.46. The summed E-state index contributed by atoms with van der Waals surface area (Å²) in [6, 6.07) is 2.20. The van der Waals surface area contributed by atoms with E-state index in [0.29, 0.717) is 0 Å². The number of nitrogens with two attached hydrogens (primary N) is 1. The van der Waals surface area contributed by atoms with E-state index in [2.05, 4.69) is 13.0 Å². The van der Waals surface area contributed by atoms with Crippen LogP contribution in [0.4, 0.5) is 0 Å². The van der Waals surface area contributed by atoms with Crippen LogP contribution < -0.4 is 5.73 Å². The lowest BCUT2D eigenvalue weighted by Crippen LogP contribution is -1.97.